The molecule has 1 aromatic carbocycles. The first-order valence-corrected chi connectivity index (χ1v) is 9.28. The fourth-order valence-electron chi connectivity index (χ4n) is 2.52. The molecule has 0 radical (unpaired) electrons. The van der Waals surface area contributed by atoms with Crippen LogP contribution in [0, 0.1) is 6.92 Å². The molecule has 1 N–H and O–H groups in total. The number of benzene rings is 1. The zero-order chi connectivity index (χ0) is 18.7. The van der Waals surface area contributed by atoms with Gasteiger partial charge in [0.1, 0.15) is 5.76 Å². The Kier molecular flexibility index (Phi) is 5.41. The van der Waals surface area contributed by atoms with E-state index in [1.807, 2.05) is 19.1 Å². The van der Waals surface area contributed by atoms with Gasteiger partial charge < -0.3 is 9.84 Å². The number of carbonyl (C=O) groups excluding carboxylic acids is 1. The van der Waals surface area contributed by atoms with E-state index >= 15 is 0 Å². The lowest BCUT2D eigenvalue weighted by Gasteiger charge is -2.15. The molecule has 0 aliphatic rings. The maximum atomic E-state index is 12.8. The number of thioether (sulfide) groups is 1. The highest BCUT2D eigenvalue weighted by molar-refractivity contribution is 8.00. The standard InChI is InChI=1S/C18H20N4O3S/c1-4-9-22-17(24)13-7-5-6-8-14(13)19-18(22)26-12(3)16(23)20-15-10-11(2)25-21-15/h5-8,10,12H,4,9H2,1-3H3,(H,20,21,23). The highest BCUT2D eigenvalue weighted by Crippen LogP contribution is 2.23. The summed E-state index contributed by atoms with van der Waals surface area (Å²) in [6.45, 7) is 6.07. The molecule has 136 valence electrons. The fourth-order valence-corrected chi connectivity index (χ4v) is 3.46. The molecule has 7 nitrogen and oxygen atoms in total. The molecule has 0 saturated heterocycles. The summed E-state index contributed by atoms with van der Waals surface area (Å²) >= 11 is 1.25. The maximum absolute atomic E-state index is 12.8. The topological polar surface area (TPSA) is 90.0 Å². The number of hydrogen-bond acceptors (Lipinski definition) is 6. The molecule has 0 fully saturated rings. The van der Waals surface area contributed by atoms with Crippen LogP contribution < -0.4 is 10.9 Å². The van der Waals surface area contributed by atoms with Gasteiger partial charge >= 0.3 is 0 Å². The third kappa shape index (κ3) is 3.80. The van der Waals surface area contributed by atoms with E-state index in [9.17, 15) is 9.59 Å². The summed E-state index contributed by atoms with van der Waals surface area (Å²) in [6.07, 6.45) is 0.798. The lowest BCUT2D eigenvalue weighted by Crippen LogP contribution is -2.27. The molecule has 0 bridgehead atoms. The number of aryl methyl sites for hydroxylation is 1. The number of carbonyl (C=O) groups is 1. The summed E-state index contributed by atoms with van der Waals surface area (Å²) < 4.78 is 6.59. The SMILES string of the molecule is CCCn1c(SC(C)C(=O)Nc2cc(C)on2)nc2ccccc2c1=O. The minimum Gasteiger partial charge on any atom is -0.360 e. The van der Waals surface area contributed by atoms with Gasteiger partial charge in [-0.05, 0) is 32.4 Å². The lowest BCUT2D eigenvalue weighted by atomic mass is 10.2. The van der Waals surface area contributed by atoms with E-state index in [1.54, 1.807) is 36.6 Å². The van der Waals surface area contributed by atoms with E-state index in [1.165, 1.54) is 11.8 Å². The second-order valence-corrected chi connectivity index (χ2v) is 7.25. The van der Waals surface area contributed by atoms with Crippen LogP contribution >= 0.6 is 11.8 Å². The molecular weight excluding hydrogens is 352 g/mol. The van der Waals surface area contributed by atoms with Crippen molar-refractivity contribution in [3.8, 4) is 0 Å². The Morgan fingerprint density at radius 3 is 2.85 bits per heavy atom. The molecule has 1 amide bonds. The molecule has 3 aromatic rings. The van der Waals surface area contributed by atoms with Gasteiger partial charge in [-0.1, -0.05) is 36.0 Å². The van der Waals surface area contributed by atoms with Gasteiger partial charge in [0.15, 0.2) is 11.0 Å². The Morgan fingerprint density at radius 1 is 1.38 bits per heavy atom. The molecule has 0 saturated carbocycles. The van der Waals surface area contributed by atoms with Crippen molar-refractivity contribution in [2.24, 2.45) is 0 Å². The average molecular weight is 372 g/mol. The normalized spacial score (nSPS) is 12.3. The van der Waals surface area contributed by atoms with Crippen molar-refractivity contribution >= 4 is 34.4 Å². The highest BCUT2D eigenvalue weighted by Gasteiger charge is 2.20. The monoisotopic (exact) mass is 372 g/mol. The summed E-state index contributed by atoms with van der Waals surface area (Å²) in [5.41, 5.74) is 0.548. The summed E-state index contributed by atoms with van der Waals surface area (Å²) in [5.74, 6) is 0.764. The van der Waals surface area contributed by atoms with Gasteiger partial charge in [0.25, 0.3) is 5.56 Å². The highest BCUT2D eigenvalue weighted by atomic mass is 32.2. The number of anilines is 1. The van der Waals surface area contributed by atoms with Crippen LogP contribution in [0.15, 0.2) is 44.8 Å². The number of amides is 1. The van der Waals surface area contributed by atoms with Gasteiger partial charge in [-0.15, -0.1) is 0 Å². The van der Waals surface area contributed by atoms with E-state index in [0.29, 0.717) is 34.2 Å². The van der Waals surface area contributed by atoms with Crippen LogP contribution in [0.5, 0.6) is 0 Å². The molecule has 1 unspecified atom stereocenters. The van der Waals surface area contributed by atoms with Crippen LogP contribution in [0.1, 0.15) is 26.0 Å². The van der Waals surface area contributed by atoms with Crippen molar-refractivity contribution in [3.05, 3.63) is 46.4 Å². The number of fused-ring (bicyclic) bond motifs is 1. The van der Waals surface area contributed by atoms with Gasteiger partial charge in [0.05, 0.1) is 16.2 Å². The predicted molar refractivity (Wildman–Crippen MR) is 101 cm³/mol. The van der Waals surface area contributed by atoms with Crippen LogP contribution in [-0.4, -0.2) is 25.9 Å². The Bertz CT molecular complexity index is 996. The third-order valence-electron chi connectivity index (χ3n) is 3.80. The van der Waals surface area contributed by atoms with Crippen LogP contribution in [0.3, 0.4) is 0 Å². The van der Waals surface area contributed by atoms with Crippen molar-refractivity contribution in [3.63, 3.8) is 0 Å². The van der Waals surface area contributed by atoms with Crippen molar-refractivity contribution in [2.75, 3.05) is 5.32 Å². The van der Waals surface area contributed by atoms with E-state index < -0.39 is 5.25 Å². The van der Waals surface area contributed by atoms with E-state index in [4.69, 9.17) is 4.52 Å². The Labute approximate surface area is 154 Å². The molecule has 8 heteroatoms. The fraction of sp³-hybridized carbons (Fsp3) is 0.333. The van der Waals surface area contributed by atoms with Gasteiger partial charge in [-0.25, -0.2) is 4.98 Å². The first-order valence-electron chi connectivity index (χ1n) is 8.40. The number of para-hydroxylation sites is 1. The van der Waals surface area contributed by atoms with E-state index in [-0.39, 0.29) is 11.5 Å². The molecule has 1 atom stereocenters. The van der Waals surface area contributed by atoms with Crippen molar-refractivity contribution < 1.29 is 9.32 Å². The van der Waals surface area contributed by atoms with Gasteiger partial charge in [-0.3, -0.25) is 14.2 Å². The molecule has 0 aliphatic carbocycles. The van der Waals surface area contributed by atoms with Crippen molar-refractivity contribution in [1.82, 2.24) is 14.7 Å². The minimum absolute atomic E-state index is 0.0836. The van der Waals surface area contributed by atoms with E-state index in [0.717, 1.165) is 6.42 Å². The summed E-state index contributed by atoms with van der Waals surface area (Å²) in [7, 11) is 0. The smallest absolute Gasteiger partial charge is 0.262 e. The summed E-state index contributed by atoms with van der Waals surface area (Å²) in [4.78, 5) is 29.8. The van der Waals surface area contributed by atoms with Crippen LogP contribution in [-0.2, 0) is 11.3 Å². The zero-order valence-electron chi connectivity index (χ0n) is 14.9. The number of hydrogen-bond donors (Lipinski definition) is 1. The second-order valence-electron chi connectivity index (χ2n) is 5.94. The first-order chi connectivity index (χ1) is 12.5. The predicted octanol–water partition coefficient (Wildman–Crippen LogP) is 3.22. The molecule has 0 spiro atoms. The van der Waals surface area contributed by atoms with Crippen LogP contribution in [0.4, 0.5) is 5.82 Å². The second kappa shape index (κ2) is 7.74. The molecule has 3 rings (SSSR count). The van der Waals surface area contributed by atoms with Gasteiger partial charge in [-0.2, -0.15) is 0 Å². The molecule has 0 aliphatic heterocycles. The average Bonchev–Trinajstić information content (AvgIpc) is 3.03. The Morgan fingerprint density at radius 2 is 2.15 bits per heavy atom. The molecule has 2 heterocycles. The number of nitrogens with one attached hydrogen (secondary N) is 1. The maximum Gasteiger partial charge on any atom is 0.262 e. The quantitative estimate of drug-likeness (QED) is 0.528. The number of nitrogens with zero attached hydrogens (tertiary/aromatic N) is 3. The van der Waals surface area contributed by atoms with Crippen molar-refractivity contribution in [1.29, 1.82) is 0 Å². The van der Waals surface area contributed by atoms with Crippen molar-refractivity contribution in [2.45, 2.75) is 44.1 Å². The van der Waals surface area contributed by atoms with Gasteiger partial charge in [0.2, 0.25) is 5.91 Å². The minimum atomic E-state index is -0.455. The zero-order valence-corrected chi connectivity index (χ0v) is 15.7. The summed E-state index contributed by atoms with van der Waals surface area (Å²) in [6, 6.07) is 8.89. The van der Waals surface area contributed by atoms with Gasteiger partial charge in [0, 0.05) is 12.6 Å². The summed E-state index contributed by atoms with van der Waals surface area (Å²) in [5, 5.41) is 7.13. The largest absolute Gasteiger partial charge is 0.360 e. The molecular formula is C18H20N4O3S. The Balaban J connectivity index is 1.87. The first kappa shape index (κ1) is 18.2. The number of rotatable bonds is 6. The van der Waals surface area contributed by atoms with Crippen LogP contribution in [0.25, 0.3) is 10.9 Å². The third-order valence-corrected chi connectivity index (χ3v) is 4.89. The number of aromatic nitrogens is 3. The molecule has 2 aromatic heterocycles. The Hall–Kier alpha value is -2.61. The van der Waals surface area contributed by atoms with Crippen LogP contribution in [0.2, 0.25) is 0 Å². The lowest BCUT2D eigenvalue weighted by molar-refractivity contribution is -0.115. The van der Waals surface area contributed by atoms with E-state index in [2.05, 4.69) is 15.5 Å². The molecule has 26 heavy (non-hydrogen) atoms.